The van der Waals surface area contributed by atoms with Crippen molar-refractivity contribution in [1.29, 1.82) is 0 Å². The second kappa shape index (κ2) is 4.16. The Bertz CT molecular complexity index is 560. The van der Waals surface area contributed by atoms with Gasteiger partial charge in [-0.3, -0.25) is 14.8 Å². The number of rotatable bonds is 4. The number of aromatic nitrogens is 2. The van der Waals surface area contributed by atoms with Crippen LogP contribution in [0.4, 0.5) is 11.5 Å². The first kappa shape index (κ1) is 11.3. The Hall–Kier alpha value is -1.76. The van der Waals surface area contributed by atoms with Crippen LogP contribution in [0.1, 0.15) is 12.8 Å². The van der Waals surface area contributed by atoms with Crippen LogP contribution >= 0.6 is 0 Å². The second-order valence-corrected chi connectivity index (χ2v) is 4.87. The SMILES string of the molecule is COCN1CN(CC2CC2)c2[nH]c(=O)[nH]c(=O)c21. The molecule has 2 aliphatic rings. The lowest BCUT2D eigenvalue weighted by molar-refractivity contribution is 0.199. The summed E-state index contributed by atoms with van der Waals surface area (Å²) in [5.41, 5.74) is -0.319. The smallest absolute Gasteiger partial charge is 0.327 e. The molecule has 0 aromatic carbocycles. The van der Waals surface area contributed by atoms with Crippen molar-refractivity contribution in [3.63, 3.8) is 0 Å². The van der Waals surface area contributed by atoms with Crippen LogP contribution in [-0.4, -0.2) is 37.0 Å². The summed E-state index contributed by atoms with van der Waals surface area (Å²) in [7, 11) is 1.59. The number of methoxy groups -OCH3 is 1. The predicted octanol–water partition coefficient (Wildman–Crippen LogP) is -0.339. The number of aromatic amines is 2. The van der Waals surface area contributed by atoms with E-state index in [0.717, 1.165) is 6.54 Å². The fourth-order valence-corrected chi connectivity index (χ4v) is 2.36. The zero-order valence-electron chi connectivity index (χ0n) is 10.2. The Morgan fingerprint density at radius 3 is 2.72 bits per heavy atom. The summed E-state index contributed by atoms with van der Waals surface area (Å²) in [6.45, 7) is 1.80. The van der Waals surface area contributed by atoms with Crippen molar-refractivity contribution in [3.05, 3.63) is 20.8 Å². The number of H-pyrrole nitrogens is 2. The molecule has 0 atom stereocenters. The van der Waals surface area contributed by atoms with Gasteiger partial charge in [-0.15, -0.1) is 0 Å². The van der Waals surface area contributed by atoms with Crippen molar-refractivity contribution >= 4 is 11.5 Å². The highest BCUT2D eigenvalue weighted by Crippen LogP contribution is 2.35. The summed E-state index contributed by atoms with van der Waals surface area (Å²) >= 11 is 0. The summed E-state index contributed by atoms with van der Waals surface area (Å²) in [5.74, 6) is 1.30. The maximum atomic E-state index is 11.9. The molecule has 3 rings (SSSR count). The van der Waals surface area contributed by atoms with E-state index in [1.165, 1.54) is 12.8 Å². The summed E-state index contributed by atoms with van der Waals surface area (Å²) in [4.78, 5) is 32.1. The molecule has 0 radical (unpaired) electrons. The molecule has 1 aliphatic heterocycles. The van der Waals surface area contributed by atoms with Crippen molar-refractivity contribution in [2.75, 3.05) is 36.9 Å². The Labute approximate surface area is 103 Å². The second-order valence-electron chi connectivity index (χ2n) is 4.87. The van der Waals surface area contributed by atoms with Gasteiger partial charge >= 0.3 is 5.69 Å². The minimum atomic E-state index is -0.459. The molecule has 7 heteroatoms. The Morgan fingerprint density at radius 2 is 2.06 bits per heavy atom. The lowest BCUT2D eigenvalue weighted by atomic mass is 10.4. The number of ether oxygens (including phenoxy) is 1. The normalized spacial score (nSPS) is 18.3. The van der Waals surface area contributed by atoms with Crippen LogP contribution in [-0.2, 0) is 4.74 Å². The molecule has 0 unspecified atom stereocenters. The molecule has 1 aliphatic carbocycles. The third kappa shape index (κ3) is 1.90. The lowest BCUT2D eigenvalue weighted by Gasteiger charge is -2.20. The van der Waals surface area contributed by atoms with Crippen molar-refractivity contribution in [1.82, 2.24) is 9.97 Å². The van der Waals surface area contributed by atoms with E-state index in [0.29, 0.717) is 30.8 Å². The molecule has 98 valence electrons. The van der Waals surface area contributed by atoms with Crippen molar-refractivity contribution in [2.24, 2.45) is 5.92 Å². The van der Waals surface area contributed by atoms with Crippen LogP contribution in [0.5, 0.6) is 0 Å². The van der Waals surface area contributed by atoms with Crippen LogP contribution in [0, 0.1) is 5.92 Å². The van der Waals surface area contributed by atoms with Crippen LogP contribution < -0.4 is 21.0 Å². The van der Waals surface area contributed by atoms with Crippen LogP contribution in [0.15, 0.2) is 9.59 Å². The lowest BCUT2D eigenvalue weighted by Crippen LogP contribution is -2.34. The average molecular weight is 252 g/mol. The van der Waals surface area contributed by atoms with E-state index >= 15 is 0 Å². The number of anilines is 2. The van der Waals surface area contributed by atoms with Gasteiger partial charge in [0.15, 0.2) is 0 Å². The predicted molar refractivity (Wildman–Crippen MR) is 67.0 cm³/mol. The molecule has 1 aromatic heterocycles. The molecule has 0 saturated heterocycles. The van der Waals surface area contributed by atoms with Crippen molar-refractivity contribution in [3.8, 4) is 0 Å². The van der Waals surface area contributed by atoms with Gasteiger partial charge in [0, 0.05) is 13.7 Å². The van der Waals surface area contributed by atoms with Crippen LogP contribution in [0.3, 0.4) is 0 Å². The van der Waals surface area contributed by atoms with Crippen LogP contribution in [0.2, 0.25) is 0 Å². The largest absolute Gasteiger partial charge is 0.364 e. The van der Waals surface area contributed by atoms with Gasteiger partial charge < -0.3 is 14.5 Å². The summed E-state index contributed by atoms with van der Waals surface area (Å²) in [6, 6.07) is 0. The van der Waals surface area contributed by atoms with E-state index in [1.54, 1.807) is 7.11 Å². The monoisotopic (exact) mass is 252 g/mol. The van der Waals surface area contributed by atoms with E-state index in [-0.39, 0.29) is 5.56 Å². The molecule has 1 fully saturated rings. The summed E-state index contributed by atoms with van der Waals surface area (Å²) in [6.07, 6.45) is 2.45. The summed E-state index contributed by atoms with van der Waals surface area (Å²) in [5, 5.41) is 0. The van der Waals surface area contributed by atoms with Gasteiger partial charge in [-0.25, -0.2) is 4.79 Å². The number of nitrogens with zero attached hydrogens (tertiary/aromatic N) is 2. The fraction of sp³-hybridized carbons (Fsp3) is 0.636. The number of hydrogen-bond acceptors (Lipinski definition) is 5. The molecule has 18 heavy (non-hydrogen) atoms. The minimum absolute atomic E-state index is 0.337. The average Bonchev–Trinajstić information content (AvgIpc) is 3.04. The quantitative estimate of drug-likeness (QED) is 0.766. The van der Waals surface area contributed by atoms with Gasteiger partial charge in [0.25, 0.3) is 5.56 Å². The highest BCUT2D eigenvalue weighted by Gasteiger charge is 2.33. The maximum Gasteiger partial charge on any atom is 0.327 e. The van der Waals surface area contributed by atoms with E-state index in [4.69, 9.17) is 4.74 Å². The Kier molecular flexibility index (Phi) is 2.62. The zero-order valence-corrected chi connectivity index (χ0v) is 10.2. The van der Waals surface area contributed by atoms with E-state index in [9.17, 15) is 9.59 Å². The molecule has 0 amide bonds. The molecule has 2 heterocycles. The number of hydrogen-bond donors (Lipinski definition) is 2. The summed E-state index contributed by atoms with van der Waals surface area (Å²) < 4.78 is 5.09. The van der Waals surface area contributed by atoms with E-state index in [2.05, 4.69) is 9.97 Å². The van der Waals surface area contributed by atoms with Crippen LogP contribution in [0.25, 0.3) is 0 Å². The number of fused-ring (bicyclic) bond motifs is 1. The van der Waals surface area contributed by atoms with Gasteiger partial charge in [0.1, 0.15) is 18.2 Å². The fourth-order valence-electron chi connectivity index (χ4n) is 2.36. The Balaban J connectivity index is 1.99. The molecule has 7 nitrogen and oxygen atoms in total. The maximum absolute atomic E-state index is 11.9. The first-order chi connectivity index (χ1) is 8.69. The Morgan fingerprint density at radius 1 is 1.28 bits per heavy atom. The van der Waals surface area contributed by atoms with Gasteiger partial charge in [-0.1, -0.05) is 0 Å². The molecule has 2 N–H and O–H groups in total. The first-order valence-corrected chi connectivity index (χ1v) is 6.04. The van der Waals surface area contributed by atoms with Gasteiger partial charge in [0.2, 0.25) is 0 Å². The van der Waals surface area contributed by atoms with Crippen molar-refractivity contribution < 1.29 is 4.74 Å². The molecular weight excluding hydrogens is 236 g/mol. The van der Waals surface area contributed by atoms with E-state index < -0.39 is 5.69 Å². The number of nitrogens with one attached hydrogen (secondary N) is 2. The topological polar surface area (TPSA) is 81.4 Å². The van der Waals surface area contributed by atoms with Crippen molar-refractivity contribution in [2.45, 2.75) is 12.8 Å². The highest BCUT2D eigenvalue weighted by molar-refractivity contribution is 5.71. The highest BCUT2D eigenvalue weighted by atomic mass is 16.5. The third-order valence-electron chi connectivity index (χ3n) is 3.33. The van der Waals surface area contributed by atoms with E-state index in [1.807, 2.05) is 9.80 Å². The third-order valence-corrected chi connectivity index (χ3v) is 3.33. The molecule has 0 spiro atoms. The minimum Gasteiger partial charge on any atom is -0.364 e. The van der Waals surface area contributed by atoms with Gasteiger partial charge in [-0.05, 0) is 18.8 Å². The first-order valence-electron chi connectivity index (χ1n) is 6.04. The molecular formula is C11H16N4O3. The molecule has 0 bridgehead atoms. The molecule has 1 aromatic rings. The zero-order chi connectivity index (χ0) is 12.7. The molecule has 1 saturated carbocycles. The van der Waals surface area contributed by atoms with Gasteiger partial charge in [0.05, 0.1) is 6.67 Å². The standard InChI is InChI=1S/C11H16N4O3/c1-18-6-15-5-14(4-7-2-3-7)9-8(15)10(16)13-11(17)12-9/h7H,2-6H2,1H3,(H2,12,13,16,17). The van der Waals surface area contributed by atoms with Gasteiger partial charge in [-0.2, -0.15) is 0 Å².